The van der Waals surface area contributed by atoms with Crippen molar-refractivity contribution in [1.29, 1.82) is 0 Å². The van der Waals surface area contributed by atoms with Crippen LogP contribution in [0.25, 0.3) is 0 Å². The number of halogens is 3. The minimum atomic E-state index is -0.390. The van der Waals surface area contributed by atoms with Gasteiger partial charge >= 0.3 is 0 Å². The zero-order valence-electron chi connectivity index (χ0n) is 10.5. The van der Waals surface area contributed by atoms with E-state index < -0.39 is 5.82 Å². The first-order chi connectivity index (χ1) is 9.04. The summed E-state index contributed by atoms with van der Waals surface area (Å²) in [6, 6.07) is 10.9. The van der Waals surface area contributed by atoms with Crippen LogP contribution in [-0.2, 0) is 6.42 Å². The summed E-state index contributed by atoms with van der Waals surface area (Å²) in [6.45, 7) is 1.92. The van der Waals surface area contributed by atoms with Gasteiger partial charge in [-0.2, -0.15) is 0 Å². The zero-order chi connectivity index (χ0) is 13.8. The first-order valence-electron chi connectivity index (χ1n) is 6.00. The minimum Gasteiger partial charge on any atom is -0.380 e. The molecule has 4 heteroatoms. The van der Waals surface area contributed by atoms with E-state index in [2.05, 4.69) is 5.32 Å². The second-order valence-corrected chi connectivity index (χ2v) is 4.94. The van der Waals surface area contributed by atoms with Crippen LogP contribution in [0.5, 0.6) is 0 Å². The SMILES string of the molecule is CC(Cc1cccc(F)c1)Nc1ccc(Cl)cc1F. The van der Waals surface area contributed by atoms with Gasteiger partial charge in [-0.25, -0.2) is 8.78 Å². The predicted octanol–water partition coefficient (Wildman–Crippen LogP) is 4.66. The molecule has 0 saturated heterocycles. The molecule has 2 aromatic rings. The number of nitrogens with one attached hydrogen (secondary N) is 1. The first-order valence-corrected chi connectivity index (χ1v) is 6.38. The molecule has 0 saturated carbocycles. The van der Waals surface area contributed by atoms with E-state index in [0.29, 0.717) is 17.1 Å². The maximum atomic E-state index is 13.6. The highest BCUT2D eigenvalue weighted by atomic mass is 35.5. The van der Waals surface area contributed by atoms with Gasteiger partial charge < -0.3 is 5.32 Å². The van der Waals surface area contributed by atoms with E-state index in [4.69, 9.17) is 11.6 Å². The van der Waals surface area contributed by atoms with Crippen molar-refractivity contribution < 1.29 is 8.78 Å². The molecule has 100 valence electrons. The number of benzene rings is 2. The summed E-state index contributed by atoms with van der Waals surface area (Å²) < 4.78 is 26.7. The van der Waals surface area contributed by atoms with E-state index in [0.717, 1.165) is 5.56 Å². The van der Waals surface area contributed by atoms with Crippen molar-refractivity contribution in [1.82, 2.24) is 0 Å². The van der Waals surface area contributed by atoms with Gasteiger partial charge in [0, 0.05) is 11.1 Å². The first kappa shape index (κ1) is 13.8. The second kappa shape index (κ2) is 6.02. The molecule has 1 N–H and O–H groups in total. The zero-order valence-corrected chi connectivity index (χ0v) is 11.2. The fourth-order valence-electron chi connectivity index (χ4n) is 1.94. The molecular formula is C15H14ClF2N. The Labute approximate surface area is 116 Å². The predicted molar refractivity (Wildman–Crippen MR) is 74.6 cm³/mol. The van der Waals surface area contributed by atoms with Crippen LogP contribution in [0.2, 0.25) is 5.02 Å². The van der Waals surface area contributed by atoms with Crippen LogP contribution in [0.1, 0.15) is 12.5 Å². The Balaban J connectivity index is 2.03. The van der Waals surface area contributed by atoms with Crippen molar-refractivity contribution in [2.45, 2.75) is 19.4 Å². The Kier molecular flexibility index (Phi) is 4.38. The Morgan fingerprint density at radius 3 is 2.63 bits per heavy atom. The summed E-state index contributed by atoms with van der Waals surface area (Å²) in [7, 11) is 0. The molecule has 0 heterocycles. The van der Waals surface area contributed by atoms with Crippen molar-refractivity contribution in [2.24, 2.45) is 0 Å². The average Bonchev–Trinajstić information content (AvgIpc) is 2.33. The standard InChI is InChI=1S/C15H14ClF2N/c1-10(7-11-3-2-4-13(17)8-11)19-15-6-5-12(16)9-14(15)18/h2-6,8-10,19H,7H2,1H3. The van der Waals surface area contributed by atoms with Crippen LogP contribution in [0.3, 0.4) is 0 Å². The third-order valence-electron chi connectivity index (χ3n) is 2.76. The number of hydrogen-bond donors (Lipinski definition) is 1. The smallest absolute Gasteiger partial charge is 0.147 e. The summed E-state index contributed by atoms with van der Waals surface area (Å²) in [4.78, 5) is 0. The normalized spacial score (nSPS) is 12.2. The Hall–Kier alpha value is -1.61. The highest BCUT2D eigenvalue weighted by molar-refractivity contribution is 6.30. The minimum absolute atomic E-state index is 0.0162. The van der Waals surface area contributed by atoms with Crippen LogP contribution in [0.4, 0.5) is 14.5 Å². The van der Waals surface area contributed by atoms with Gasteiger partial charge in [-0.3, -0.25) is 0 Å². The molecule has 0 spiro atoms. The molecule has 19 heavy (non-hydrogen) atoms. The molecule has 1 atom stereocenters. The number of anilines is 1. The van der Waals surface area contributed by atoms with Gasteiger partial charge in [0.05, 0.1) is 5.69 Å². The molecule has 0 fully saturated rings. The topological polar surface area (TPSA) is 12.0 Å². The largest absolute Gasteiger partial charge is 0.380 e. The molecule has 0 bridgehead atoms. The molecular weight excluding hydrogens is 268 g/mol. The monoisotopic (exact) mass is 281 g/mol. The maximum Gasteiger partial charge on any atom is 0.147 e. The third-order valence-corrected chi connectivity index (χ3v) is 3.00. The third kappa shape index (κ3) is 3.93. The van der Waals surface area contributed by atoms with Crippen molar-refractivity contribution >= 4 is 17.3 Å². The van der Waals surface area contributed by atoms with E-state index in [1.54, 1.807) is 18.2 Å². The molecule has 0 aliphatic rings. The summed E-state index contributed by atoms with van der Waals surface area (Å²) in [6.07, 6.45) is 0.611. The molecule has 0 aliphatic carbocycles. The summed E-state index contributed by atoms with van der Waals surface area (Å²) in [5, 5.41) is 3.41. The van der Waals surface area contributed by atoms with Crippen LogP contribution in [0, 0.1) is 11.6 Å². The number of rotatable bonds is 4. The molecule has 1 nitrogen and oxygen atoms in total. The molecule has 1 unspecified atom stereocenters. The Bertz CT molecular complexity index is 572. The fourth-order valence-corrected chi connectivity index (χ4v) is 2.10. The van der Waals surface area contributed by atoms with Gasteiger partial charge in [-0.15, -0.1) is 0 Å². The fraction of sp³-hybridized carbons (Fsp3) is 0.200. The summed E-state index contributed by atoms with van der Waals surface area (Å²) in [5.74, 6) is -0.652. The summed E-state index contributed by atoms with van der Waals surface area (Å²) in [5.41, 5.74) is 1.27. The lowest BCUT2D eigenvalue weighted by Gasteiger charge is -2.16. The highest BCUT2D eigenvalue weighted by Crippen LogP contribution is 2.20. The number of hydrogen-bond acceptors (Lipinski definition) is 1. The van der Waals surface area contributed by atoms with E-state index in [9.17, 15) is 8.78 Å². The van der Waals surface area contributed by atoms with Crippen molar-refractivity contribution in [3.8, 4) is 0 Å². The van der Waals surface area contributed by atoms with Gasteiger partial charge in [0.1, 0.15) is 11.6 Å². The lowest BCUT2D eigenvalue weighted by atomic mass is 10.1. The lowest BCUT2D eigenvalue weighted by Crippen LogP contribution is -2.18. The average molecular weight is 282 g/mol. The quantitative estimate of drug-likeness (QED) is 0.859. The molecule has 2 aromatic carbocycles. The molecule has 2 rings (SSSR count). The van der Waals surface area contributed by atoms with Gasteiger partial charge in [0.15, 0.2) is 0 Å². The van der Waals surface area contributed by atoms with Crippen molar-refractivity contribution in [2.75, 3.05) is 5.32 Å². The highest BCUT2D eigenvalue weighted by Gasteiger charge is 2.08. The van der Waals surface area contributed by atoms with Gasteiger partial charge in [-0.1, -0.05) is 23.7 Å². The van der Waals surface area contributed by atoms with Crippen LogP contribution < -0.4 is 5.32 Å². The van der Waals surface area contributed by atoms with Crippen LogP contribution in [-0.4, -0.2) is 6.04 Å². The van der Waals surface area contributed by atoms with Crippen molar-refractivity contribution in [3.05, 3.63) is 64.7 Å². The molecule has 0 radical (unpaired) electrons. The van der Waals surface area contributed by atoms with E-state index in [1.807, 2.05) is 13.0 Å². The van der Waals surface area contributed by atoms with Crippen molar-refractivity contribution in [3.63, 3.8) is 0 Å². The van der Waals surface area contributed by atoms with Gasteiger partial charge in [-0.05, 0) is 49.2 Å². The van der Waals surface area contributed by atoms with Gasteiger partial charge in [0.2, 0.25) is 0 Å². The van der Waals surface area contributed by atoms with E-state index in [1.165, 1.54) is 18.2 Å². The van der Waals surface area contributed by atoms with Gasteiger partial charge in [0.25, 0.3) is 0 Å². The van der Waals surface area contributed by atoms with Crippen LogP contribution >= 0.6 is 11.6 Å². The molecule has 0 aliphatic heterocycles. The summed E-state index contributed by atoms with van der Waals surface area (Å²) >= 11 is 5.69. The maximum absolute atomic E-state index is 13.6. The molecule has 0 aromatic heterocycles. The lowest BCUT2D eigenvalue weighted by molar-refractivity contribution is 0.620. The Morgan fingerprint density at radius 2 is 1.95 bits per heavy atom. The van der Waals surface area contributed by atoms with E-state index in [-0.39, 0.29) is 11.9 Å². The van der Waals surface area contributed by atoms with E-state index >= 15 is 0 Å². The molecule has 0 amide bonds. The Morgan fingerprint density at radius 1 is 1.16 bits per heavy atom. The van der Waals surface area contributed by atoms with Crippen LogP contribution in [0.15, 0.2) is 42.5 Å². The second-order valence-electron chi connectivity index (χ2n) is 4.50.